The van der Waals surface area contributed by atoms with Crippen molar-refractivity contribution in [1.29, 1.82) is 0 Å². The zero-order valence-corrected chi connectivity index (χ0v) is 20.1. The fourth-order valence-electron chi connectivity index (χ4n) is 3.20. The Morgan fingerprint density at radius 3 is 1.85 bits per heavy atom. The summed E-state index contributed by atoms with van der Waals surface area (Å²) >= 11 is 3.40. The number of nitrogens with one attached hydrogen (secondary N) is 2. The summed E-state index contributed by atoms with van der Waals surface area (Å²) < 4.78 is 21.8. The van der Waals surface area contributed by atoms with Crippen molar-refractivity contribution in [3.63, 3.8) is 0 Å². The Morgan fingerprint density at radius 1 is 0.667 bits per heavy atom. The SMILES string of the molecule is COc1ccccc1NC(=O)c1ccccc1NC(=O)c1cc(OC)c(OC)c(OC)c1Br. The minimum Gasteiger partial charge on any atom is -0.495 e. The van der Waals surface area contributed by atoms with Gasteiger partial charge in [-0.2, -0.15) is 0 Å². The van der Waals surface area contributed by atoms with Crippen LogP contribution in [0.1, 0.15) is 20.7 Å². The van der Waals surface area contributed by atoms with Crippen LogP contribution in [0.25, 0.3) is 0 Å². The second-order valence-electron chi connectivity index (χ2n) is 6.66. The number of hydrogen-bond donors (Lipinski definition) is 2. The van der Waals surface area contributed by atoms with Gasteiger partial charge in [0.15, 0.2) is 11.5 Å². The molecule has 0 unspecified atom stereocenters. The molecule has 3 aromatic rings. The van der Waals surface area contributed by atoms with E-state index in [9.17, 15) is 9.59 Å². The van der Waals surface area contributed by atoms with Crippen molar-refractivity contribution < 1.29 is 28.5 Å². The maximum absolute atomic E-state index is 13.2. The van der Waals surface area contributed by atoms with E-state index < -0.39 is 11.8 Å². The minimum absolute atomic E-state index is 0.240. The lowest BCUT2D eigenvalue weighted by Crippen LogP contribution is -2.19. The molecule has 9 heteroatoms. The molecule has 8 nitrogen and oxygen atoms in total. The summed E-state index contributed by atoms with van der Waals surface area (Å²) in [6.45, 7) is 0. The number of benzene rings is 3. The number of anilines is 2. The molecule has 0 aliphatic rings. The van der Waals surface area contributed by atoms with Crippen LogP contribution in [0.3, 0.4) is 0 Å². The first-order valence-electron chi connectivity index (χ1n) is 9.78. The molecule has 0 atom stereocenters. The van der Waals surface area contributed by atoms with Gasteiger partial charge in [-0.25, -0.2) is 0 Å². The highest BCUT2D eigenvalue weighted by Crippen LogP contribution is 2.45. The van der Waals surface area contributed by atoms with Gasteiger partial charge in [-0.05, 0) is 46.3 Å². The van der Waals surface area contributed by atoms with E-state index in [1.807, 2.05) is 0 Å². The van der Waals surface area contributed by atoms with Gasteiger partial charge in [0, 0.05) is 0 Å². The van der Waals surface area contributed by atoms with Crippen LogP contribution in [0.2, 0.25) is 0 Å². The predicted octanol–water partition coefficient (Wildman–Crippen LogP) is 4.99. The third kappa shape index (κ3) is 5.04. The molecule has 3 aromatic carbocycles. The summed E-state index contributed by atoms with van der Waals surface area (Å²) in [4.78, 5) is 26.1. The van der Waals surface area contributed by atoms with Crippen LogP contribution in [0.5, 0.6) is 23.0 Å². The molecule has 0 saturated heterocycles. The van der Waals surface area contributed by atoms with Crippen LogP contribution in [-0.4, -0.2) is 40.3 Å². The van der Waals surface area contributed by atoms with Gasteiger partial charge in [0.1, 0.15) is 5.75 Å². The summed E-state index contributed by atoms with van der Waals surface area (Å²) in [6, 6.07) is 15.3. The quantitative estimate of drug-likeness (QED) is 0.439. The highest BCUT2D eigenvalue weighted by molar-refractivity contribution is 9.10. The Hall–Kier alpha value is -3.72. The normalized spacial score (nSPS) is 10.2. The van der Waals surface area contributed by atoms with E-state index in [2.05, 4.69) is 26.6 Å². The number of hydrogen-bond acceptors (Lipinski definition) is 6. The van der Waals surface area contributed by atoms with Crippen molar-refractivity contribution in [2.75, 3.05) is 39.1 Å². The van der Waals surface area contributed by atoms with E-state index >= 15 is 0 Å². The van der Waals surface area contributed by atoms with Crippen molar-refractivity contribution in [3.05, 3.63) is 70.2 Å². The highest BCUT2D eigenvalue weighted by Gasteiger charge is 2.24. The first-order valence-corrected chi connectivity index (χ1v) is 10.6. The molecular formula is C24H23BrN2O6. The average Bonchev–Trinajstić information content (AvgIpc) is 2.84. The van der Waals surface area contributed by atoms with Gasteiger partial charge in [-0.1, -0.05) is 24.3 Å². The minimum atomic E-state index is -0.473. The van der Waals surface area contributed by atoms with E-state index in [4.69, 9.17) is 18.9 Å². The second kappa shape index (κ2) is 10.7. The van der Waals surface area contributed by atoms with Gasteiger partial charge in [-0.3, -0.25) is 9.59 Å². The molecule has 33 heavy (non-hydrogen) atoms. The van der Waals surface area contributed by atoms with Gasteiger partial charge in [0.2, 0.25) is 5.75 Å². The van der Waals surface area contributed by atoms with Crippen molar-refractivity contribution >= 4 is 39.1 Å². The number of rotatable bonds is 8. The lowest BCUT2D eigenvalue weighted by Gasteiger charge is -2.17. The number of carbonyl (C=O) groups excluding carboxylic acids is 2. The topological polar surface area (TPSA) is 95.1 Å². The lowest BCUT2D eigenvalue weighted by atomic mass is 10.1. The third-order valence-electron chi connectivity index (χ3n) is 4.79. The van der Waals surface area contributed by atoms with Crippen LogP contribution in [0, 0.1) is 0 Å². The van der Waals surface area contributed by atoms with Crippen LogP contribution >= 0.6 is 15.9 Å². The van der Waals surface area contributed by atoms with Gasteiger partial charge < -0.3 is 29.6 Å². The molecule has 172 valence electrons. The van der Waals surface area contributed by atoms with Crippen LogP contribution < -0.4 is 29.6 Å². The number of amides is 2. The van der Waals surface area contributed by atoms with Crippen LogP contribution in [0.4, 0.5) is 11.4 Å². The largest absolute Gasteiger partial charge is 0.495 e. The number of methoxy groups -OCH3 is 4. The van der Waals surface area contributed by atoms with Crippen LogP contribution in [-0.2, 0) is 0 Å². The van der Waals surface area contributed by atoms with Gasteiger partial charge in [0.05, 0.1) is 55.4 Å². The third-order valence-corrected chi connectivity index (χ3v) is 5.58. The molecule has 0 aliphatic heterocycles. The Balaban J connectivity index is 1.93. The molecule has 0 aliphatic carbocycles. The van der Waals surface area contributed by atoms with Crippen molar-refractivity contribution in [2.24, 2.45) is 0 Å². The van der Waals surface area contributed by atoms with Crippen molar-refractivity contribution in [2.45, 2.75) is 0 Å². The maximum atomic E-state index is 13.2. The first-order chi connectivity index (χ1) is 15.9. The summed E-state index contributed by atoms with van der Waals surface area (Å²) in [5.74, 6) is 0.626. The summed E-state index contributed by atoms with van der Waals surface area (Å²) in [5.41, 5.74) is 1.36. The van der Waals surface area contributed by atoms with Crippen molar-refractivity contribution in [1.82, 2.24) is 0 Å². The molecule has 0 fully saturated rings. The monoisotopic (exact) mass is 514 g/mol. The lowest BCUT2D eigenvalue weighted by molar-refractivity contribution is 0.102. The van der Waals surface area contributed by atoms with E-state index in [1.165, 1.54) is 34.5 Å². The average molecular weight is 515 g/mol. The Morgan fingerprint density at radius 2 is 1.21 bits per heavy atom. The van der Waals surface area contributed by atoms with Gasteiger partial charge in [0.25, 0.3) is 11.8 Å². The summed E-state index contributed by atoms with van der Waals surface area (Å²) in [7, 11) is 5.92. The molecule has 0 radical (unpaired) electrons. The Labute approximate surface area is 199 Å². The molecule has 0 heterocycles. The van der Waals surface area contributed by atoms with Crippen LogP contribution in [0.15, 0.2) is 59.1 Å². The molecule has 0 saturated carbocycles. The van der Waals surface area contributed by atoms with E-state index in [0.29, 0.717) is 38.8 Å². The van der Waals surface area contributed by atoms with Gasteiger partial charge in [-0.15, -0.1) is 0 Å². The van der Waals surface area contributed by atoms with E-state index in [0.717, 1.165) is 0 Å². The molecule has 0 spiro atoms. The number of carbonyl (C=O) groups is 2. The highest BCUT2D eigenvalue weighted by atomic mass is 79.9. The molecule has 2 N–H and O–H groups in total. The molecule has 2 amide bonds. The number of halogens is 1. The fraction of sp³-hybridized carbons (Fsp3) is 0.167. The Bertz CT molecular complexity index is 1180. The van der Waals surface area contributed by atoms with E-state index in [1.54, 1.807) is 48.5 Å². The zero-order valence-electron chi connectivity index (χ0n) is 18.5. The smallest absolute Gasteiger partial charge is 0.257 e. The molecule has 0 bridgehead atoms. The Kier molecular flexibility index (Phi) is 7.78. The standard InChI is InChI=1S/C24H23BrN2O6/c1-30-18-12-8-7-11-17(18)27-23(28)14-9-5-6-10-16(14)26-24(29)15-13-19(31-2)21(32-3)22(33-4)20(15)25/h5-13H,1-4H3,(H,26,29)(H,27,28). The van der Waals surface area contributed by atoms with Crippen molar-refractivity contribution in [3.8, 4) is 23.0 Å². The number of para-hydroxylation sites is 3. The molecule has 0 aromatic heterocycles. The first kappa shape index (κ1) is 23.9. The zero-order chi connectivity index (χ0) is 24.0. The second-order valence-corrected chi connectivity index (χ2v) is 7.45. The summed E-state index contributed by atoms with van der Waals surface area (Å²) in [6.07, 6.45) is 0. The summed E-state index contributed by atoms with van der Waals surface area (Å²) in [5, 5.41) is 5.60. The number of ether oxygens (including phenoxy) is 4. The maximum Gasteiger partial charge on any atom is 0.257 e. The molecular weight excluding hydrogens is 492 g/mol. The van der Waals surface area contributed by atoms with E-state index in [-0.39, 0.29) is 11.1 Å². The fourth-order valence-corrected chi connectivity index (χ4v) is 3.84. The predicted molar refractivity (Wildman–Crippen MR) is 129 cm³/mol. The molecule has 3 rings (SSSR count). The van der Waals surface area contributed by atoms with Gasteiger partial charge >= 0.3 is 0 Å².